The van der Waals surface area contributed by atoms with Crippen LogP contribution in [0.4, 0.5) is 0 Å². The molecule has 5 nitrogen and oxygen atoms in total. The lowest BCUT2D eigenvalue weighted by molar-refractivity contribution is 0.309. The number of ether oxygens (including phenoxy) is 1. The average molecular weight is 377 g/mol. The molecule has 2 heterocycles. The molecule has 0 bridgehead atoms. The van der Waals surface area contributed by atoms with Crippen LogP contribution in [0, 0.1) is 0 Å². The standard InChI is InChI=1S/C21H19N3O2S/c1-2-3-13-26-17-12-8-7-11-16(17)14-18-20(25)24-21(27-18)22-19(23-24)15-9-5-4-6-10-15/h4-12,14H,2-3,13H2,1H3/b18-14+. The summed E-state index contributed by atoms with van der Waals surface area (Å²) < 4.78 is 7.82. The second-order valence-electron chi connectivity index (χ2n) is 6.15. The molecule has 0 aliphatic carbocycles. The third-order valence-corrected chi connectivity index (χ3v) is 5.13. The highest BCUT2D eigenvalue weighted by molar-refractivity contribution is 7.15. The Hall–Kier alpha value is -2.99. The van der Waals surface area contributed by atoms with Crippen molar-refractivity contribution in [2.45, 2.75) is 19.8 Å². The van der Waals surface area contributed by atoms with Crippen LogP contribution in [0.3, 0.4) is 0 Å². The molecule has 0 saturated carbocycles. The minimum Gasteiger partial charge on any atom is -0.493 e. The molecule has 0 aliphatic heterocycles. The van der Waals surface area contributed by atoms with Crippen molar-refractivity contribution in [1.82, 2.24) is 14.6 Å². The van der Waals surface area contributed by atoms with Gasteiger partial charge in [0.15, 0.2) is 5.82 Å². The molecule has 4 aromatic rings. The summed E-state index contributed by atoms with van der Waals surface area (Å²) in [5, 5.41) is 4.38. The highest BCUT2D eigenvalue weighted by Crippen LogP contribution is 2.20. The lowest BCUT2D eigenvalue weighted by Crippen LogP contribution is -2.23. The van der Waals surface area contributed by atoms with E-state index in [-0.39, 0.29) is 5.56 Å². The molecule has 2 aromatic carbocycles. The van der Waals surface area contributed by atoms with Crippen LogP contribution in [-0.2, 0) is 0 Å². The van der Waals surface area contributed by atoms with E-state index in [1.165, 1.54) is 15.9 Å². The third-order valence-electron chi connectivity index (χ3n) is 4.17. The Morgan fingerprint density at radius 3 is 2.67 bits per heavy atom. The van der Waals surface area contributed by atoms with Gasteiger partial charge in [-0.2, -0.15) is 9.50 Å². The molecule has 0 fully saturated rings. The van der Waals surface area contributed by atoms with Crippen LogP contribution in [0.5, 0.6) is 5.75 Å². The zero-order valence-electron chi connectivity index (χ0n) is 15.0. The van der Waals surface area contributed by atoms with Crippen molar-refractivity contribution in [1.29, 1.82) is 0 Å². The number of benzene rings is 2. The lowest BCUT2D eigenvalue weighted by atomic mass is 10.2. The highest BCUT2D eigenvalue weighted by atomic mass is 32.1. The molecule has 0 aliphatic rings. The summed E-state index contributed by atoms with van der Waals surface area (Å²) >= 11 is 1.34. The van der Waals surface area contributed by atoms with E-state index in [1.807, 2.05) is 60.7 Å². The van der Waals surface area contributed by atoms with Crippen LogP contribution in [0.1, 0.15) is 25.3 Å². The number of aromatic nitrogens is 3. The fourth-order valence-electron chi connectivity index (χ4n) is 2.74. The number of unbranched alkanes of at least 4 members (excludes halogenated alkanes) is 1. The molecular formula is C21H19N3O2S. The van der Waals surface area contributed by atoms with E-state index < -0.39 is 0 Å². The number of hydrogen-bond donors (Lipinski definition) is 0. The molecule has 0 spiro atoms. The first kappa shape index (κ1) is 17.4. The minimum absolute atomic E-state index is 0.159. The third kappa shape index (κ3) is 3.61. The zero-order valence-corrected chi connectivity index (χ0v) is 15.8. The first-order valence-electron chi connectivity index (χ1n) is 8.95. The molecule has 0 N–H and O–H groups in total. The van der Waals surface area contributed by atoms with Gasteiger partial charge in [-0.05, 0) is 18.6 Å². The minimum atomic E-state index is -0.159. The fourth-order valence-corrected chi connectivity index (χ4v) is 3.64. The SMILES string of the molecule is CCCCOc1ccccc1/C=c1/sc2nc(-c3ccccc3)nn2c1=O. The van der Waals surface area contributed by atoms with Gasteiger partial charge in [-0.25, -0.2) is 0 Å². The zero-order chi connectivity index (χ0) is 18.6. The van der Waals surface area contributed by atoms with Gasteiger partial charge in [-0.3, -0.25) is 4.79 Å². The summed E-state index contributed by atoms with van der Waals surface area (Å²) in [5.74, 6) is 1.35. The Balaban J connectivity index is 1.72. The van der Waals surface area contributed by atoms with Crippen molar-refractivity contribution in [3.8, 4) is 17.1 Å². The van der Waals surface area contributed by atoms with Crippen molar-refractivity contribution in [2.75, 3.05) is 6.61 Å². The number of thiazole rings is 1. The quantitative estimate of drug-likeness (QED) is 0.482. The number of fused-ring (bicyclic) bond motifs is 1. The number of rotatable bonds is 6. The van der Waals surface area contributed by atoms with Crippen LogP contribution in [0.25, 0.3) is 22.4 Å². The number of hydrogen-bond acceptors (Lipinski definition) is 5. The van der Waals surface area contributed by atoms with E-state index in [4.69, 9.17) is 4.74 Å². The van der Waals surface area contributed by atoms with Crippen LogP contribution in [0.15, 0.2) is 59.4 Å². The van der Waals surface area contributed by atoms with E-state index in [9.17, 15) is 4.79 Å². The summed E-state index contributed by atoms with van der Waals surface area (Å²) in [6.07, 6.45) is 3.93. The second kappa shape index (κ2) is 7.72. The topological polar surface area (TPSA) is 56.5 Å². The molecule has 0 atom stereocenters. The van der Waals surface area contributed by atoms with E-state index in [0.29, 0.717) is 21.9 Å². The van der Waals surface area contributed by atoms with Gasteiger partial charge < -0.3 is 4.74 Å². The van der Waals surface area contributed by atoms with Crippen molar-refractivity contribution in [3.05, 3.63) is 75.0 Å². The van der Waals surface area contributed by atoms with Gasteiger partial charge in [0.1, 0.15) is 5.75 Å². The van der Waals surface area contributed by atoms with Crippen LogP contribution < -0.4 is 14.8 Å². The summed E-state index contributed by atoms with van der Waals surface area (Å²) in [5.41, 5.74) is 1.62. The monoisotopic (exact) mass is 377 g/mol. The molecule has 0 unspecified atom stereocenters. The first-order chi connectivity index (χ1) is 13.3. The van der Waals surface area contributed by atoms with Crippen molar-refractivity contribution in [2.24, 2.45) is 0 Å². The van der Waals surface area contributed by atoms with Gasteiger partial charge in [-0.15, -0.1) is 5.10 Å². The van der Waals surface area contributed by atoms with Gasteiger partial charge in [0.05, 0.1) is 11.1 Å². The number of nitrogens with zero attached hydrogens (tertiary/aromatic N) is 3. The normalized spacial score (nSPS) is 12.0. The Morgan fingerprint density at radius 2 is 1.89 bits per heavy atom. The smallest absolute Gasteiger partial charge is 0.291 e. The molecular weight excluding hydrogens is 358 g/mol. The number of para-hydroxylation sites is 1. The lowest BCUT2D eigenvalue weighted by Gasteiger charge is -2.07. The predicted molar refractivity (Wildman–Crippen MR) is 108 cm³/mol. The average Bonchev–Trinajstić information content (AvgIpc) is 3.24. The maximum absolute atomic E-state index is 12.7. The van der Waals surface area contributed by atoms with Crippen molar-refractivity contribution < 1.29 is 4.74 Å². The maximum atomic E-state index is 12.7. The second-order valence-corrected chi connectivity index (χ2v) is 7.16. The molecule has 136 valence electrons. The van der Waals surface area contributed by atoms with Crippen LogP contribution in [0.2, 0.25) is 0 Å². The van der Waals surface area contributed by atoms with Gasteiger partial charge >= 0.3 is 0 Å². The van der Waals surface area contributed by atoms with Crippen LogP contribution >= 0.6 is 11.3 Å². The summed E-state index contributed by atoms with van der Waals surface area (Å²) in [7, 11) is 0. The molecule has 4 rings (SSSR count). The maximum Gasteiger partial charge on any atom is 0.291 e. The Bertz CT molecular complexity index is 1170. The van der Waals surface area contributed by atoms with E-state index in [0.717, 1.165) is 29.7 Å². The van der Waals surface area contributed by atoms with Gasteiger partial charge in [0.2, 0.25) is 4.96 Å². The molecule has 6 heteroatoms. The van der Waals surface area contributed by atoms with Crippen molar-refractivity contribution in [3.63, 3.8) is 0 Å². The van der Waals surface area contributed by atoms with Gasteiger partial charge in [0, 0.05) is 11.1 Å². The molecule has 0 radical (unpaired) electrons. The summed E-state index contributed by atoms with van der Waals surface area (Å²) in [6.45, 7) is 2.80. The van der Waals surface area contributed by atoms with Crippen molar-refractivity contribution >= 4 is 22.4 Å². The van der Waals surface area contributed by atoms with E-state index >= 15 is 0 Å². The Kier molecular flexibility index (Phi) is 4.98. The molecule has 27 heavy (non-hydrogen) atoms. The molecule has 0 saturated heterocycles. The van der Waals surface area contributed by atoms with Gasteiger partial charge in [-0.1, -0.05) is 73.2 Å². The summed E-state index contributed by atoms with van der Waals surface area (Å²) in [4.78, 5) is 17.8. The van der Waals surface area contributed by atoms with Gasteiger partial charge in [0.25, 0.3) is 5.56 Å². The molecule has 2 aromatic heterocycles. The van der Waals surface area contributed by atoms with E-state index in [2.05, 4.69) is 17.0 Å². The fraction of sp³-hybridized carbons (Fsp3) is 0.190. The van der Waals surface area contributed by atoms with Crippen LogP contribution in [-0.4, -0.2) is 21.2 Å². The Labute approximate surface area is 160 Å². The van der Waals surface area contributed by atoms with E-state index in [1.54, 1.807) is 0 Å². The Morgan fingerprint density at radius 1 is 1.11 bits per heavy atom. The first-order valence-corrected chi connectivity index (χ1v) is 9.76. The summed E-state index contributed by atoms with van der Waals surface area (Å²) in [6, 6.07) is 17.4. The predicted octanol–water partition coefficient (Wildman–Crippen LogP) is 3.54. The largest absolute Gasteiger partial charge is 0.493 e. The molecule has 0 amide bonds. The highest BCUT2D eigenvalue weighted by Gasteiger charge is 2.12.